The summed E-state index contributed by atoms with van der Waals surface area (Å²) in [5.74, 6) is 3.58. The number of benzene rings is 1. The molecule has 5 saturated carbocycles. The summed E-state index contributed by atoms with van der Waals surface area (Å²) >= 11 is 0. The maximum atomic E-state index is 12.9. The first-order chi connectivity index (χ1) is 13.1. The monoisotopic (exact) mass is 365 g/mol. The molecule has 5 fully saturated rings. The van der Waals surface area contributed by atoms with E-state index in [1.54, 1.807) is 0 Å². The molecule has 1 N–H and O–H groups in total. The van der Waals surface area contributed by atoms with Crippen LogP contribution >= 0.6 is 0 Å². The lowest BCUT2D eigenvalue weighted by molar-refractivity contribution is -0.126. The molecule has 3 heteroatoms. The van der Waals surface area contributed by atoms with Crippen LogP contribution in [0.25, 0.3) is 0 Å². The van der Waals surface area contributed by atoms with Crippen LogP contribution in [0.1, 0.15) is 75.3 Å². The summed E-state index contributed by atoms with van der Waals surface area (Å²) in [5, 5.41) is 3.54. The molecule has 1 spiro atoms. The Labute approximate surface area is 162 Å². The fourth-order valence-corrected chi connectivity index (χ4v) is 7.72. The predicted octanol–water partition coefficient (Wildman–Crippen LogP) is 4.69. The molecule has 144 valence electrons. The Bertz CT molecular complexity index is 744. The number of carbonyl (C=O) groups is 1. The van der Waals surface area contributed by atoms with Crippen molar-refractivity contribution >= 4 is 5.91 Å². The van der Waals surface area contributed by atoms with Gasteiger partial charge in [0.15, 0.2) is 0 Å². The second kappa shape index (κ2) is 5.83. The van der Waals surface area contributed by atoms with E-state index in [0.29, 0.717) is 11.8 Å². The van der Waals surface area contributed by atoms with Crippen LogP contribution < -0.4 is 5.32 Å². The van der Waals surface area contributed by atoms with Gasteiger partial charge in [-0.25, -0.2) is 0 Å². The summed E-state index contributed by atoms with van der Waals surface area (Å²) in [6.45, 7) is 0.757. The van der Waals surface area contributed by atoms with Crippen LogP contribution in [0.4, 0.5) is 0 Å². The molecule has 2 unspecified atom stereocenters. The predicted molar refractivity (Wildman–Crippen MR) is 104 cm³/mol. The number of amides is 1. The molecule has 5 aliphatic carbocycles. The van der Waals surface area contributed by atoms with E-state index >= 15 is 0 Å². The average molecular weight is 366 g/mol. The molecule has 7 rings (SSSR count). The molecule has 1 aliphatic heterocycles. The van der Waals surface area contributed by atoms with E-state index in [0.717, 1.165) is 56.5 Å². The molecular formula is C24H31NO2. The van der Waals surface area contributed by atoms with Crippen LogP contribution in [-0.4, -0.2) is 11.4 Å². The SMILES string of the molecule is O=C(CC1CCC2(CC1)OCc1ccccc12)NC12CC3CC(C1)C(C3)C2. The highest BCUT2D eigenvalue weighted by Gasteiger charge is 2.56. The topological polar surface area (TPSA) is 38.3 Å². The zero-order chi connectivity index (χ0) is 18.1. The van der Waals surface area contributed by atoms with Crippen molar-refractivity contribution in [3.63, 3.8) is 0 Å². The third-order valence-electron chi connectivity index (χ3n) is 8.73. The molecule has 1 aromatic rings. The molecule has 1 heterocycles. The zero-order valence-electron chi connectivity index (χ0n) is 16.2. The summed E-state index contributed by atoms with van der Waals surface area (Å²) in [7, 11) is 0. The molecule has 6 aliphatic rings. The minimum Gasteiger partial charge on any atom is -0.366 e. The molecule has 0 aromatic heterocycles. The van der Waals surface area contributed by atoms with Gasteiger partial charge < -0.3 is 10.1 Å². The second-order valence-corrected chi connectivity index (χ2v) is 10.4. The fraction of sp³-hybridized carbons (Fsp3) is 0.708. The summed E-state index contributed by atoms with van der Waals surface area (Å²) in [6, 6.07) is 8.70. The van der Waals surface area contributed by atoms with Gasteiger partial charge in [0.1, 0.15) is 0 Å². The summed E-state index contributed by atoms with van der Waals surface area (Å²) in [4.78, 5) is 12.9. The van der Waals surface area contributed by atoms with Crippen molar-refractivity contribution in [3.8, 4) is 0 Å². The molecule has 2 atom stereocenters. The highest BCUT2D eigenvalue weighted by Crippen LogP contribution is 2.60. The molecule has 4 bridgehead atoms. The molecule has 0 radical (unpaired) electrons. The van der Waals surface area contributed by atoms with E-state index in [2.05, 4.69) is 29.6 Å². The highest BCUT2D eigenvalue weighted by atomic mass is 16.5. The van der Waals surface area contributed by atoms with Crippen LogP contribution in [0.3, 0.4) is 0 Å². The first kappa shape index (κ1) is 16.6. The first-order valence-corrected chi connectivity index (χ1v) is 11.2. The van der Waals surface area contributed by atoms with Crippen molar-refractivity contribution in [1.29, 1.82) is 0 Å². The van der Waals surface area contributed by atoms with Crippen LogP contribution in [-0.2, 0) is 21.7 Å². The van der Waals surface area contributed by atoms with Gasteiger partial charge in [-0.2, -0.15) is 0 Å². The quantitative estimate of drug-likeness (QED) is 0.844. The average Bonchev–Trinajstić information content (AvgIpc) is 3.23. The van der Waals surface area contributed by atoms with E-state index < -0.39 is 0 Å². The zero-order valence-corrected chi connectivity index (χ0v) is 16.2. The van der Waals surface area contributed by atoms with E-state index in [1.807, 2.05) is 0 Å². The lowest BCUT2D eigenvalue weighted by Gasteiger charge is -2.40. The largest absolute Gasteiger partial charge is 0.366 e. The number of nitrogens with one attached hydrogen (secondary N) is 1. The lowest BCUT2D eigenvalue weighted by Crippen LogP contribution is -2.50. The van der Waals surface area contributed by atoms with Crippen LogP contribution in [0.2, 0.25) is 0 Å². The number of carbonyl (C=O) groups excluding carboxylic acids is 1. The minimum atomic E-state index is -0.0639. The molecule has 1 aromatic carbocycles. The Hall–Kier alpha value is -1.35. The van der Waals surface area contributed by atoms with Crippen molar-refractivity contribution in [2.45, 2.75) is 82.0 Å². The number of ether oxygens (including phenoxy) is 1. The maximum absolute atomic E-state index is 12.9. The first-order valence-electron chi connectivity index (χ1n) is 11.2. The van der Waals surface area contributed by atoms with Gasteiger partial charge in [0.25, 0.3) is 0 Å². The maximum Gasteiger partial charge on any atom is 0.220 e. The normalized spacial score (nSPS) is 44.0. The number of hydrogen-bond donors (Lipinski definition) is 1. The highest BCUT2D eigenvalue weighted by molar-refractivity contribution is 5.77. The molecular weight excluding hydrogens is 334 g/mol. The van der Waals surface area contributed by atoms with Crippen molar-refractivity contribution in [1.82, 2.24) is 5.32 Å². The van der Waals surface area contributed by atoms with Crippen LogP contribution in [0.15, 0.2) is 24.3 Å². The summed E-state index contributed by atoms with van der Waals surface area (Å²) in [5.41, 5.74) is 2.88. The Morgan fingerprint density at radius 2 is 1.81 bits per heavy atom. The van der Waals surface area contributed by atoms with Gasteiger partial charge in [-0.1, -0.05) is 24.3 Å². The van der Waals surface area contributed by atoms with Gasteiger partial charge in [0, 0.05) is 12.0 Å². The Morgan fingerprint density at radius 3 is 2.56 bits per heavy atom. The van der Waals surface area contributed by atoms with Crippen molar-refractivity contribution < 1.29 is 9.53 Å². The van der Waals surface area contributed by atoms with E-state index in [-0.39, 0.29) is 11.1 Å². The van der Waals surface area contributed by atoms with Crippen molar-refractivity contribution in [2.24, 2.45) is 23.7 Å². The van der Waals surface area contributed by atoms with Gasteiger partial charge in [0.05, 0.1) is 12.2 Å². The fourth-order valence-electron chi connectivity index (χ4n) is 7.72. The third kappa shape index (κ3) is 2.61. The standard InChI is InChI=1S/C24H31NO2/c26-22(25-23-12-17-9-19(13-23)20(10-17)14-23)11-16-5-7-24(8-6-16)21-4-2-1-3-18(21)15-27-24/h1-4,16-17,19-20H,5-15H2,(H,25,26). The molecule has 3 nitrogen and oxygen atoms in total. The Kier molecular flexibility index (Phi) is 3.58. The smallest absolute Gasteiger partial charge is 0.220 e. The number of rotatable bonds is 3. The van der Waals surface area contributed by atoms with Gasteiger partial charge >= 0.3 is 0 Å². The van der Waals surface area contributed by atoms with Gasteiger partial charge in [-0.3, -0.25) is 4.79 Å². The molecule has 0 saturated heterocycles. The third-order valence-corrected chi connectivity index (χ3v) is 8.73. The van der Waals surface area contributed by atoms with Gasteiger partial charge in [0.2, 0.25) is 5.91 Å². The van der Waals surface area contributed by atoms with Crippen molar-refractivity contribution in [2.75, 3.05) is 0 Å². The van der Waals surface area contributed by atoms with Gasteiger partial charge in [-0.05, 0) is 92.6 Å². The summed E-state index contributed by atoms with van der Waals surface area (Å²) < 4.78 is 6.28. The molecule has 27 heavy (non-hydrogen) atoms. The lowest BCUT2D eigenvalue weighted by atomic mass is 9.73. The van der Waals surface area contributed by atoms with Crippen LogP contribution in [0, 0.1) is 23.7 Å². The van der Waals surface area contributed by atoms with E-state index in [4.69, 9.17) is 4.74 Å². The number of hydrogen-bond acceptors (Lipinski definition) is 2. The Morgan fingerprint density at radius 1 is 1.07 bits per heavy atom. The van der Waals surface area contributed by atoms with Crippen molar-refractivity contribution in [3.05, 3.63) is 35.4 Å². The van der Waals surface area contributed by atoms with E-state index in [9.17, 15) is 4.79 Å². The summed E-state index contributed by atoms with van der Waals surface area (Å²) in [6.07, 6.45) is 11.7. The van der Waals surface area contributed by atoms with E-state index in [1.165, 1.54) is 43.2 Å². The molecule has 1 amide bonds. The minimum absolute atomic E-state index is 0.0639. The second-order valence-electron chi connectivity index (χ2n) is 10.4. The van der Waals surface area contributed by atoms with Crippen LogP contribution in [0.5, 0.6) is 0 Å². The Balaban J connectivity index is 1.07. The van der Waals surface area contributed by atoms with Gasteiger partial charge in [-0.15, -0.1) is 0 Å². The number of fused-ring (bicyclic) bond motifs is 2.